The first-order valence-electron chi connectivity index (χ1n) is 7.53. The lowest BCUT2D eigenvalue weighted by molar-refractivity contribution is 0.0945. The number of nitrogens with zero attached hydrogens (tertiary/aromatic N) is 2. The van der Waals surface area contributed by atoms with Gasteiger partial charge in [-0.15, -0.1) is 23.7 Å². The predicted octanol–water partition coefficient (Wildman–Crippen LogP) is 3.71. The van der Waals surface area contributed by atoms with Gasteiger partial charge < -0.3 is 10.6 Å². The first kappa shape index (κ1) is 21.7. The molecule has 28 heavy (non-hydrogen) atoms. The lowest BCUT2D eigenvalue weighted by Crippen LogP contribution is -2.23. The minimum Gasteiger partial charge on any atom is -0.346 e. The van der Waals surface area contributed by atoms with E-state index in [1.165, 1.54) is 17.4 Å². The van der Waals surface area contributed by atoms with E-state index in [1.807, 2.05) is 6.92 Å². The molecule has 2 amide bonds. The molecule has 0 saturated carbocycles. The van der Waals surface area contributed by atoms with E-state index in [9.17, 15) is 18.4 Å². The summed E-state index contributed by atoms with van der Waals surface area (Å²) in [5.41, 5.74) is 2.37. The fourth-order valence-electron chi connectivity index (χ4n) is 2.13. The average molecular weight is 448 g/mol. The van der Waals surface area contributed by atoms with Gasteiger partial charge in [0.15, 0.2) is 17.5 Å². The number of rotatable bonds is 5. The molecule has 0 fully saturated rings. The van der Waals surface area contributed by atoms with Gasteiger partial charge >= 0.3 is 0 Å². The summed E-state index contributed by atoms with van der Waals surface area (Å²) in [7, 11) is 0. The van der Waals surface area contributed by atoms with Gasteiger partial charge in [0.2, 0.25) is 0 Å². The second-order valence-corrected chi connectivity index (χ2v) is 6.76. The monoisotopic (exact) mass is 447 g/mol. The Bertz CT molecular complexity index is 1020. The van der Waals surface area contributed by atoms with E-state index in [0.29, 0.717) is 18.7 Å². The lowest BCUT2D eigenvalue weighted by Gasteiger charge is -2.05. The summed E-state index contributed by atoms with van der Waals surface area (Å²) in [5, 5.41) is 11.1. The molecule has 0 saturated heterocycles. The van der Waals surface area contributed by atoms with E-state index >= 15 is 0 Å². The number of halogens is 4. The second-order valence-electron chi connectivity index (χ2n) is 5.41. The minimum absolute atomic E-state index is 0. The van der Waals surface area contributed by atoms with Crippen LogP contribution in [0.4, 0.5) is 14.6 Å². The lowest BCUT2D eigenvalue weighted by atomic mass is 10.2. The Labute approximate surface area is 172 Å². The van der Waals surface area contributed by atoms with E-state index in [-0.39, 0.29) is 34.5 Å². The van der Waals surface area contributed by atoms with Crippen LogP contribution in [0.2, 0.25) is 5.02 Å². The second kappa shape index (κ2) is 9.09. The van der Waals surface area contributed by atoms with Crippen molar-refractivity contribution in [2.75, 3.05) is 5.32 Å². The van der Waals surface area contributed by atoms with Crippen LogP contribution < -0.4 is 10.6 Å². The molecule has 148 valence electrons. The number of hydrogen-bond donors (Lipinski definition) is 3. The van der Waals surface area contributed by atoms with Crippen molar-refractivity contribution in [3.05, 3.63) is 62.2 Å². The summed E-state index contributed by atoms with van der Waals surface area (Å²) in [5.74, 6) is -3.56. The fraction of sp³-hybridized carbons (Fsp3) is 0.125. The molecule has 0 atom stereocenters. The summed E-state index contributed by atoms with van der Waals surface area (Å²) in [6.45, 7) is 2.14. The number of H-pyrrole nitrogens is 1. The molecule has 0 bridgehead atoms. The van der Waals surface area contributed by atoms with Crippen molar-refractivity contribution in [3.8, 4) is 0 Å². The van der Waals surface area contributed by atoms with Crippen LogP contribution in [0, 0.1) is 18.6 Å². The van der Waals surface area contributed by atoms with Crippen molar-refractivity contribution < 1.29 is 18.4 Å². The summed E-state index contributed by atoms with van der Waals surface area (Å²) in [6.07, 6.45) is 0. The number of carbonyl (C=O) groups is 2. The first-order valence-corrected chi connectivity index (χ1v) is 8.79. The molecule has 0 aliphatic heterocycles. The van der Waals surface area contributed by atoms with Gasteiger partial charge in [-0.2, -0.15) is 5.10 Å². The standard InChI is InChI=1S/C16H12ClF2N5O2S.ClH/c1-7-13(27-6-21-7)5-20-16(26)12-4-14(24-23-12)22-15(25)8-2-10(18)11(19)3-9(8)17;/h2-4,6H,5H2,1H3,(H,20,26)(H2,22,23,24,25);1H. The van der Waals surface area contributed by atoms with Crippen molar-refractivity contribution in [1.82, 2.24) is 20.5 Å². The molecule has 0 aliphatic rings. The molecule has 0 spiro atoms. The van der Waals surface area contributed by atoms with Crippen LogP contribution in [0.3, 0.4) is 0 Å². The van der Waals surface area contributed by atoms with Crippen molar-refractivity contribution >= 4 is 53.0 Å². The molecule has 3 rings (SSSR count). The number of carbonyl (C=O) groups excluding carboxylic acids is 2. The predicted molar refractivity (Wildman–Crippen MR) is 103 cm³/mol. The summed E-state index contributed by atoms with van der Waals surface area (Å²) in [6, 6.07) is 2.70. The van der Waals surface area contributed by atoms with Crippen LogP contribution in [-0.4, -0.2) is 27.0 Å². The summed E-state index contributed by atoms with van der Waals surface area (Å²) < 4.78 is 26.4. The average Bonchev–Trinajstić information content (AvgIpc) is 3.25. The van der Waals surface area contributed by atoms with Crippen LogP contribution in [0.25, 0.3) is 0 Å². The maximum Gasteiger partial charge on any atom is 0.269 e. The minimum atomic E-state index is -1.20. The Hall–Kier alpha value is -2.56. The molecule has 0 unspecified atom stereocenters. The molecule has 0 radical (unpaired) electrons. The smallest absolute Gasteiger partial charge is 0.269 e. The van der Waals surface area contributed by atoms with Gasteiger partial charge in [-0.05, 0) is 19.1 Å². The van der Waals surface area contributed by atoms with E-state index in [1.54, 1.807) is 5.51 Å². The van der Waals surface area contributed by atoms with Crippen molar-refractivity contribution in [2.45, 2.75) is 13.5 Å². The van der Waals surface area contributed by atoms with Crippen LogP contribution in [-0.2, 0) is 6.54 Å². The molecule has 1 aromatic carbocycles. The number of aryl methyl sites for hydroxylation is 1. The molecule has 12 heteroatoms. The third kappa shape index (κ3) is 4.83. The molecule has 7 nitrogen and oxygen atoms in total. The van der Waals surface area contributed by atoms with Gasteiger partial charge in [0.1, 0.15) is 5.69 Å². The fourth-order valence-corrected chi connectivity index (χ4v) is 3.09. The van der Waals surface area contributed by atoms with E-state index < -0.39 is 23.4 Å². The summed E-state index contributed by atoms with van der Waals surface area (Å²) in [4.78, 5) is 29.3. The van der Waals surface area contributed by atoms with Crippen LogP contribution in [0.15, 0.2) is 23.7 Å². The highest BCUT2D eigenvalue weighted by Crippen LogP contribution is 2.21. The van der Waals surface area contributed by atoms with Crippen molar-refractivity contribution in [2.24, 2.45) is 0 Å². The molecular weight excluding hydrogens is 435 g/mol. The normalized spacial score (nSPS) is 10.3. The molecule has 0 aliphatic carbocycles. The maximum atomic E-state index is 13.3. The van der Waals surface area contributed by atoms with Gasteiger partial charge in [-0.25, -0.2) is 13.8 Å². The SMILES string of the molecule is Cc1ncsc1CNC(=O)c1cc(NC(=O)c2cc(F)c(F)cc2Cl)n[nH]1.Cl. The number of benzene rings is 1. The molecule has 2 heterocycles. The topological polar surface area (TPSA) is 99.8 Å². The van der Waals surface area contributed by atoms with Gasteiger partial charge in [0.05, 0.1) is 28.3 Å². The third-order valence-electron chi connectivity index (χ3n) is 3.57. The van der Waals surface area contributed by atoms with Gasteiger partial charge in [0, 0.05) is 10.9 Å². The number of aromatic nitrogens is 3. The number of hydrogen-bond acceptors (Lipinski definition) is 5. The highest BCUT2D eigenvalue weighted by Gasteiger charge is 2.17. The summed E-state index contributed by atoms with van der Waals surface area (Å²) >= 11 is 7.18. The van der Waals surface area contributed by atoms with Crippen LogP contribution >= 0.6 is 35.3 Å². The van der Waals surface area contributed by atoms with E-state index in [2.05, 4.69) is 25.8 Å². The zero-order valence-corrected chi connectivity index (χ0v) is 16.6. The maximum absolute atomic E-state index is 13.3. The molecule has 3 aromatic rings. The van der Waals surface area contributed by atoms with Crippen molar-refractivity contribution in [1.29, 1.82) is 0 Å². The zero-order valence-electron chi connectivity index (χ0n) is 14.2. The first-order chi connectivity index (χ1) is 12.8. The number of thiazole rings is 1. The Morgan fingerprint density at radius 3 is 2.61 bits per heavy atom. The number of amides is 2. The molecular formula is C16H13Cl2F2N5O2S. The Morgan fingerprint density at radius 1 is 1.21 bits per heavy atom. The van der Waals surface area contributed by atoms with Gasteiger partial charge in [-0.3, -0.25) is 14.7 Å². The van der Waals surface area contributed by atoms with E-state index in [0.717, 1.165) is 10.6 Å². The van der Waals surface area contributed by atoms with Crippen LogP contribution in [0.1, 0.15) is 31.4 Å². The van der Waals surface area contributed by atoms with Crippen LogP contribution in [0.5, 0.6) is 0 Å². The van der Waals surface area contributed by atoms with E-state index in [4.69, 9.17) is 11.6 Å². The van der Waals surface area contributed by atoms with Crippen molar-refractivity contribution in [3.63, 3.8) is 0 Å². The van der Waals surface area contributed by atoms with Gasteiger partial charge in [-0.1, -0.05) is 11.6 Å². The number of aromatic amines is 1. The highest BCUT2D eigenvalue weighted by atomic mass is 35.5. The largest absolute Gasteiger partial charge is 0.346 e. The third-order valence-corrected chi connectivity index (χ3v) is 4.82. The zero-order chi connectivity index (χ0) is 19.6. The number of anilines is 1. The Morgan fingerprint density at radius 2 is 1.93 bits per heavy atom. The van der Waals surface area contributed by atoms with Gasteiger partial charge in [0.25, 0.3) is 11.8 Å². The number of nitrogens with one attached hydrogen (secondary N) is 3. The Kier molecular flexibility index (Phi) is 7.05. The molecule has 2 aromatic heterocycles. The highest BCUT2D eigenvalue weighted by molar-refractivity contribution is 7.09. The quantitative estimate of drug-likeness (QED) is 0.519. The Balaban J connectivity index is 0.00000280. The molecule has 3 N–H and O–H groups in total.